The maximum Gasteiger partial charge on any atom is 0.416 e. The third-order valence-electron chi connectivity index (χ3n) is 6.79. The molecule has 1 atom stereocenters. The van der Waals surface area contributed by atoms with E-state index in [1.165, 1.54) is 48.5 Å². The highest BCUT2D eigenvalue weighted by Gasteiger charge is 2.47. The zero-order chi connectivity index (χ0) is 32.4. The van der Waals surface area contributed by atoms with Gasteiger partial charge in [0, 0.05) is 45.0 Å². The van der Waals surface area contributed by atoms with Gasteiger partial charge in [-0.25, -0.2) is 0 Å². The normalized spacial score (nSPS) is 13.3. The zero-order valence-electron chi connectivity index (χ0n) is 22.7. The van der Waals surface area contributed by atoms with E-state index in [1.807, 2.05) is 0 Å². The molecule has 4 aromatic rings. The van der Waals surface area contributed by atoms with E-state index in [0.29, 0.717) is 22.2 Å². The number of fused-ring (bicyclic) bond motifs is 1. The molecule has 0 aliphatic carbocycles. The standard InChI is InChI=1S/C29H28ClF3N2O8S/c30-20-5-1-17(23(14-20)27(31,32)33)12-21-13-19-11-18(4-8-25(19)35(21)9-10-36)26(38)34-24(15-37)16-2-6-22(7-3-16)44-29(42,43)28(39,40)41/h1-8,11,13-14,24,36-37,39-43H,9-10,12,15H2,(H,34,38). The predicted molar refractivity (Wildman–Crippen MR) is 154 cm³/mol. The lowest BCUT2D eigenvalue weighted by Gasteiger charge is -2.28. The largest absolute Gasteiger partial charge is 0.416 e. The van der Waals surface area contributed by atoms with Gasteiger partial charge in [0.15, 0.2) is 0 Å². The van der Waals surface area contributed by atoms with Crippen LogP contribution in [0.5, 0.6) is 0 Å². The zero-order valence-corrected chi connectivity index (χ0v) is 24.2. The SMILES string of the molecule is O=C(NC(CO)c1ccc(SC(O)(O)C(O)(O)O)cc1)c1ccc2c(c1)cc(Cc1ccc(Cl)cc1C(F)(F)F)n2CCO. The minimum absolute atomic E-state index is 0.0101. The lowest BCUT2D eigenvalue weighted by molar-refractivity contribution is -0.411. The first-order valence-electron chi connectivity index (χ1n) is 12.9. The number of thioether (sulfide) groups is 1. The van der Waals surface area contributed by atoms with E-state index in [9.17, 15) is 38.4 Å². The quantitative estimate of drug-likeness (QED) is 0.0891. The summed E-state index contributed by atoms with van der Waals surface area (Å²) in [6.45, 7) is -0.694. The summed E-state index contributed by atoms with van der Waals surface area (Å²) in [6, 6.07) is 14.4. The van der Waals surface area contributed by atoms with E-state index < -0.39 is 41.4 Å². The maximum atomic E-state index is 13.7. The molecule has 1 aromatic heterocycles. The molecule has 0 saturated carbocycles. The Morgan fingerprint density at radius 2 is 1.61 bits per heavy atom. The average molecular weight is 657 g/mol. The van der Waals surface area contributed by atoms with Crippen LogP contribution in [-0.4, -0.2) is 70.5 Å². The van der Waals surface area contributed by atoms with Crippen molar-refractivity contribution in [3.8, 4) is 0 Å². The van der Waals surface area contributed by atoms with Crippen molar-refractivity contribution in [2.75, 3.05) is 13.2 Å². The van der Waals surface area contributed by atoms with Crippen LogP contribution in [0.4, 0.5) is 13.2 Å². The van der Waals surface area contributed by atoms with Crippen LogP contribution in [0.3, 0.4) is 0 Å². The first-order valence-corrected chi connectivity index (χ1v) is 14.1. The van der Waals surface area contributed by atoms with Gasteiger partial charge in [0.2, 0.25) is 0 Å². The van der Waals surface area contributed by atoms with E-state index in [1.54, 1.807) is 16.7 Å². The molecule has 1 amide bonds. The summed E-state index contributed by atoms with van der Waals surface area (Å²) < 4.78 is 42.8. The molecule has 0 aliphatic rings. The Morgan fingerprint density at radius 1 is 0.932 bits per heavy atom. The topological polar surface area (TPSA) is 176 Å². The number of nitrogens with one attached hydrogen (secondary N) is 1. The van der Waals surface area contributed by atoms with Gasteiger partial charge in [-0.05, 0) is 59.7 Å². The van der Waals surface area contributed by atoms with Crippen molar-refractivity contribution in [2.45, 2.75) is 41.2 Å². The van der Waals surface area contributed by atoms with Crippen molar-refractivity contribution in [1.82, 2.24) is 9.88 Å². The highest BCUT2D eigenvalue weighted by molar-refractivity contribution is 8.00. The molecule has 0 bridgehead atoms. The summed E-state index contributed by atoms with van der Waals surface area (Å²) in [7, 11) is 0. The highest BCUT2D eigenvalue weighted by atomic mass is 35.5. The van der Waals surface area contributed by atoms with Crippen molar-refractivity contribution in [2.24, 2.45) is 0 Å². The van der Waals surface area contributed by atoms with Gasteiger partial charge in [-0.15, -0.1) is 0 Å². The number of amides is 1. The number of carbonyl (C=O) groups is 1. The lowest BCUT2D eigenvalue weighted by Crippen LogP contribution is -2.51. The predicted octanol–water partition coefficient (Wildman–Crippen LogP) is 2.72. The van der Waals surface area contributed by atoms with Crippen LogP contribution in [0, 0.1) is 0 Å². The summed E-state index contributed by atoms with van der Waals surface area (Å²) >= 11 is 5.95. The number of hydrogen-bond donors (Lipinski definition) is 8. The first kappa shape index (κ1) is 33.7. The first-order chi connectivity index (χ1) is 20.5. The molecule has 0 saturated heterocycles. The summed E-state index contributed by atoms with van der Waals surface area (Å²) in [5.74, 6) is -4.38. The molecule has 0 spiro atoms. The number of hydrogen-bond acceptors (Lipinski definition) is 9. The number of aliphatic hydroxyl groups excluding tert-OH is 2. The van der Waals surface area contributed by atoms with Gasteiger partial charge in [-0.3, -0.25) is 4.79 Å². The third-order valence-corrected chi connectivity index (χ3v) is 8.09. The summed E-state index contributed by atoms with van der Waals surface area (Å²) in [5, 5.41) is 65.9. The van der Waals surface area contributed by atoms with Gasteiger partial charge in [0.05, 0.1) is 24.8 Å². The van der Waals surface area contributed by atoms with Gasteiger partial charge in [-0.2, -0.15) is 13.2 Å². The maximum absolute atomic E-state index is 13.7. The molecule has 3 aromatic carbocycles. The second-order valence-electron chi connectivity index (χ2n) is 9.88. The van der Waals surface area contributed by atoms with Gasteiger partial charge < -0.3 is 45.6 Å². The number of alkyl halides is 3. The Morgan fingerprint density at radius 3 is 2.20 bits per heavy atom. The monoisotopic (exact) mass is 656 g/mol. The Labute approximate surface area is 257 Å². The van der Waals surface area contributed by atoms with E-state index in [-0.39, 0.29) is 52.4 Å². The van der Waals surface area contributed by atoms with E-state index >= 15 is 0 Å². The Balaban J connectivity index is 1.57. The molecule has 236 valence electrons. The fourth-order valence-corrected chi connectivity index (χ4v) is 5.53. The molecule has 1 heterocycles. The second kappa shape index (κ2) is 13.0. The molecule has 15 heteroatoms. The minimum atomic E-state index is -4.63. The molecule has 0 fully saturated rings. The number of benzene rings is 3. The molecule has 10 nitrogen and oxygen atoms in total. The summed E-state index contributed by atoms with van der Waals surface area (Å²) in [4.78, 5) is 13.2. The van der Waals surface area contributed by atoms with Crippen molar-refractivity contribution in [3.05, 3.63) is 99.7 Å². The molecule has 0 aliphatic heterocycles. The molecular formula is C29H28ClF3N2O8S. The summed E-state index contributed by atoms with van der Waals surface area (Å²) in [5.41, 5.74) is 0.777. The number of nitrogens with zero attached hydrogens (tertiary/aromatic N) is 1. The van der Waals surface area contributed by atoms with E-state index in [0.717, 1.165) is 6.07 Å². The molecular weight excluding hydrogens is 629 g/mol. The fraction of sp³-hybridized carbons (Fsp3) is 0.276. The number of rotatable bonds is 11. The molecule has 44 heavy (non-hydrogen) atoms. The van der Waals surface area contributed by atoms with Crippen LogP contribution >= 0.6 is 23.4 Å². The van der Waals surface area contributed by atoms with Crippen molar-refractivity contribution in [3.63, 3.8) is 0 Å². The second-order valence-corrected chi connectivity index (χ2v) is 11.6. The molecule has 8 N–H and O–H groups in total. The van der Waals surface area contributed by atoms with E-state index in [4.69, 9.17) is 26.9 Å². The molecule has 1 unspecified atom stereocenters. The van der Waals surface area contributed by atoms with Crippen molar-refractivity contribution < 1.29 is 53.7 Å². The fourth-order valence-electron chi connectivity index (χ4n) is 4.62. The minimum Gasteiger partial charge on any atom is -0.395 e. The van der Waals surface area contributed by atoms with Crippen LogP contribution in [-0.2, 0) is 19.1 Å². The highest BCUT2D eigenvalue weighted by Crippen LogP contribution is 2.36. The van der Waals surface area contributed by atoms with Gasteiger partial charge in [-0.1, -0.05) is 41.6 Å². The third kappa shape index (κ3) is 7.54. The van der Waals surface area contributed by atoms with Crippen molar-refractivity contribution in [1.29, 1.82) is 0 Å². The average Bonchev–Trinajstić information content (AvgIpc) is 3.28. The van der Waals surface area contributed by atoms with Crippen LogP contribution in [0.1, 0.15) is 38.8 Å². The van der Waals surface area contributed by atoms with Gasteiger partial charge >= 0.3 is 17.3 Å². The Bertz CT molecular complexity index is 1640. The van der Waals surface area contributed by atoms with Crippen LogP contribution in [0.15, 0.2) is 71.6 Å². The smallest absolute Gasteiger partial charge is 0.395 e. The Kier molecular flexibility index (Phi) is 9.99. The molecule has 0 radical (unpaired) electrons. The molecule has 4 rings (SSSR count). The number of halogens is 4. The van der Waals surface area contributed by atoms with E-state index in [2.05, 4.69) is 5.32 Å². The van der Waals surface area contributed by atoms with Crippen molar-refractivity contribution >= 4 is 40.2 Å². The number of aliphatic hydroxyl groups is 7. The van der Waals surface area contributed by atoms with Crippen LogP contribution in [0.2, 0.25) is 5.02 Å². The van der Waals surface area contributed by atoms with Gasteiger partial charge in [0.25, 0.3) is 5.91 Å². The lowest BCUT2D eigenvalue weighted by atomic mass is 10.0. The summed E-state index contributed by atoms with van der Waals surface area (Å²) in [6.07, 6.45) is -4.75. The van der Waals surface area contributed by atoms with Crippen LogP contribution in [0.25, 0.3) is 10.9 Å². The Hall–Kier alpha value is -3.18. The van der Waals surface area contributed by atoms with Crippen LogP contribution < -0.4 is 5.32 Å². The number of carbonyl (C=O) groups excluding carboxylic acids is 1. The number of aromatic nitrogens is 1. The van der Waals surface area contributed by atoms with Gasteiger partial charge in [0.1, 0.15) is 0 Å².